The molecule has 5 nitrogen and oxygen atoms in total. The Hall–Kier alpha value is -3.08. The summed E-state index contributed by atoms with van der Waals surface area (Å²) < 4.78 is 1.96. The SMILES string of the molecule is CC1(C)CC(c2ccccc2)Nc2c(C(=O)NC3Cc4ccccc4C3)cnn21. The van der Waals surface area contributed by atoms with Gasteiger partial charge in [0, 0.05) is 6.04 Å². The number of hydrogen-bond donors (Lipinski definition) is 2. The Balaban J connectivity index is 1.39. The lowest BCUT2D eigenvalue weighted by Crippen LogP contribution is -2.39. The molecule has 1 unspecified atom stereocenters. The summed E-state index contributed by atoms with van der Waals surface area (Å²) in [6.07, 6.45) is 4.38. The largest absolute Gasteiger partial charge is 0.363 e. The number of aromatic nitrogens is 2. The van der Waals surface area contributed by atoms with E-state index in [1.807, 2.05) is 10.7 Å². The Labute approximate surface area is 171 Å². The van der Waals surface area contributed by atoms with Crippen molar-refractivity contribution in [2.45, 2.75) is 50.7 Å². The number of carbonyl (C=O) groups is 1. The lowest BCUT2D eigenvalue weighted by Gasteiger charge is -2.38. The van der Waals surface area contributed by atoms with Gasteiger partial charge in [-0.3, -0.25) is 4.79 Å². The minimum absolute atomic E-state index is 0.0546. The van der Waals surface area contributed by atoms with E-state index in [1.165, 1.54) is 16.7 Å². The van der Waals surface area contributed by atoms with Crippen molar-refractivity contribution in [3.8, 4) is 0 Å². The molecular formula is C24H26N4O. The maximum Gasteiger partial charge on any atom is 0.256 e. The molecule has 2 aliphatic rings. The van der Waals surface area contributed by atoms with Gasteiger partial charge < -0.3 is 10.6 Å². The number of carbonyl (C=O) groups excluding carboxylic acids is 1. The quantitative estimate of drug-likeness (QED) is 0.713. The normalized spacial score (nSPS) is 19.9. The van der Waals surface area contributed by atoms with Crippen LogP contribution in [-0.2, 0) is 18.4 Å². The van der Waals surface area contributed by atoms with Crippen LogP contribution in [0.4, 0.5) is 5.82 Å². The van der Waals surface area contributed by atoms with Gasteiger partial charge in [0.05, 0.1) is 17.8 Å². The molecule has 0 bridgehead atoms. The van der Waals surface area contributed by atoms with Crippen molar-refractivity contribution < 1.29 is 4.79 Å². The molecule has 1 aromatic heterocycles. The molecule has 1 amide bonds. The molecule has 2 aromatic carbocycles. The zero-order valence-electron chi connectivity index (χ0n) is 16.9. The molecule has 2 heterocycles. The van der Waals surface area contributed by atoms with E-state index in [1.54, 1.807) is 6.20 Å². The maximum absolute atomic E-state index is 13.1. The number of benzene rings is 2. The first-order chi connectivity index (χ1) is 14.0. The Morgan fingerprint density at radius 3 is 2.41 bits per heavy atom. The number of hydrogen-bond acceptors (Lipinski definition) is 3. The molecule has 1 aliphatic heterocycles. The fraction of sp³-hybridized carbons (Fsp3) is 0.333. The second-order valence-electron chi connectivity index (χ2n) is 8.79. The van der Waals surface area contributed by atoms with Crippen LogP contribution in [0, 0.1) is 0 Å². The highest BCUT2D eigenvalue weighted by Gasteiger charge is 2.37. The third kappa shape index (κ3) is 3.20. The van der Waals surface area contributed by atoms with E-state index >= 15 is 0 Å². The van der Waals surface area contributed by atoms with E-state index in [0.717, 1.165) is 25.1 Å². The number of nitrogens with one attached hydrogen (secondary N) is 2. The van der Waals surface area contributed by atoms with Crippen LogP contribution in [0.3, 0.4) is 0 Å². The predicted molar refractivity (Wildman–Crippen MR) is 114 cm³/mol. The summed E-state index contributed by atoms with van der Waals surface area (Å²) in [5, 5.41) is 11.4. The Morgan fingerprint density at radius 1 is 1.07 bits per heavy atom. The molecule has 5 rings (SSSR count). The average Bonchev–Trinajstić information content (AvgIpc) is 3.32. The van der Waals surface area contributed by atoms with Gasteiger partial charge in [0.15, 0.2) is 0 Å². The summed E-state index contributed by atoms with van der Waals surface area (Å²) in [7, 11) is 0. The second kappa shape index (κ2) is 6.76. The minimum Gasteiger partial charge on any atom is -0.363 e. The van der Waals surface area contributed by atoms with Gasteiger partial charge in [0.1, 0.15) is 11.4 Å². The third-order valence-corrected chi connectivity index (χ3v) is 6.19. The number of amides is 1. The number of rotatable bonds is 3. The molecule has 0 spiro atoms. The molecule has 0 saturated carbocycles. The summed E-state index contributed by atoms with van der Waals surface area (Å²) >= 11 is 0. The van der Waals surface area contributed by atoms with Crippen molar-refractivity contribution in [2.24, 2.45) is 0 Å². The first kappa shape index (κ1) is 18.0. The van der Waals surface area contributed by atoms with Crippen LogP contribution in [0.1, 0.15) is 53.4 Å². The van der Waals surface area contributed by atoms with Gasteiger partial charge in [0.2, 0.25) is 0 Å². The van der Waals surface area contributed by atoms with Gasteiger partial charge in [-0.1, -0.05) is 54.6 Å². The van der Waals surface area contributed by atoms with E-state index in [4.69, 9.17) is 0 Å². The standard InChI is InChI=1S/C24H26N4O/c1-24(2)14-21(16-8-4-3-5-9-16)27-22-20(15-25-28(22)24)23(29)26-19-12-17-10-6-7-11-18(17)13-19/h3-11,15,19,21,27H,12-14H2,1-2H3,(H,26,29). The second-order valence-corrected chi connectivity index (χ2v) is 8.79. The van der Waals surface area contributed by atoms with Crippen LogP contribution in [0.25, 0.3) is 0 Å². The zero-order chi connectivity index (χ0) is 20.0. The molecule has 3 aromatic rings. The third-order valence-electron chi connectivity index (χ3n) is 6.19. The van der Waals surface area contributed by atoms with Gasteiger partial charge in [0.25, 0.3) is 5.91 Å². The van der Waals surface area contributed by atoms with Crippen molar-refractivity contribution in [1.82, 2.24) is 15.1 Å². The van der Waals surface area contributed by atoms with Crippen LogP contribution in [-0.4, -0.2) is 21.7 Å². The van der Waals surface area contributed by atoms with Crippen LogP contribution >= 0.6 is 0 Å². The summed E-state index contributed by atoms with van der Waals surface area (Å²) in [6.45, 7) is 4.35. The van der Waals surface area contributed by atoms with Crippen LogP contribution in [0.15, 0.2) is 60.8 Å². The van der Waals surface area contributed by atoms with E-state index in [9.17, 15) is 4.79 Å². The lowest BCUT2D eigenvalue weighted by atomic mass is 9.89. The van der Waals surface area contributed by atoms with Gasteiger partial charge in [-0.05, 0) is 49.8 Å². The van der Waals surface area contributed by atoms with Crippen LogP contribution in [0.5, 0.6) is 0 Å². The molecule has 0 fully saturated rings. The molecule has 29 heavy (non-hydrogen) atoms. The first-order valence-corrected chi connectivity index (χ1v) is 10.3. The highest BCUT2D eigenvalue weighted by molar-refractivity contribution is 5.99. The monoisotopic (exact) mass is 386 g/mol. The molecule has 148 valence electrons. The fourth-order valence-corrected chi connectivity index (χ4v) is 4.73. The maximum atomic E-state index is 13.1. The summed E-state index contributed by atoms with van der Waals surface area (Å²) in [5.74, 6) is 0.754. The van der Waals surface area contributed by atoms with E-state index in [-0.39, 0.29) is 23.5 Å². The molecule has 0 radical (unpaired) electrons. The molecule has 1 aliphatic carbocycles. The number of fused-ring (bicyclic) bond motifs is 2. The highest BCUT2D eigenvalue weighted by Crippen LogP contribution is 2.39. The molecule has 1 atom stereocenters. The zero-order valence-corrected chi connectivity index (χ0v) is 16.9. The van der Waals surface area contributed by atoms with E-state index in [2.05, 4.69) is 78.1 Å². The smallest absolute Gasteiger partial charge is 0.256 e. The first-order valence-electron chi connectivity index (χ1n) is 10.3. The minimum atomic E-state index is -0.177. The van der Waals surface area contributed by atoms with Crippen molar-refractivity contribution in [3.63, 3.8) is 0 Å². The van der Waals surface area contributed by atoms with Crippen LogP contribution in [0.2, 0.25) is 0 Å². The predicted octanol–water partition coefficient (Wildman–Crippen LogP) is 4.07. The average molecular weight is 386 g/mol. The van der Waals surface area contributed by atoms with Gasteiger partial charge in [-0.15, -0.1) is 0 Å². The summed E-state index contributed by atoms with van der Waals surface area (Å²) in [4.78, 5) is 13.1. The summed E-state index contributed by atoms with van der Waals surface area (Å²) in [6, 6.07) is 19.1. The molecule has 5 heteroatoms. The Morgan fingerprint density at radius 2 is 1.72 bits per heavy atom. The van der Waals surface area contributed by atoms with E-state index in [0.29, 0.717) is 5.56 Å². The van der Waals surface area contributed by atoms with Gasteiger partial charge >= 0.3 is 0 Å². The molecule has 2 N–H and O–H groups in total. The fourth-order valence-electron chi connectivity index (χ4n) is 4.73. The van der Waals surface area contributed by atoms with Crippen molar-refractivity contribution >= 4 is 11.7 Å². The van der Waals surface area contributed by atoms with Crippen LogP contribution < -0.4 is 10.6 Å². The Kier molecular flexibility index (Phi) is 4.19. The Bertz CT molecular complexity index is 1030. The highest BCUT2D eigenvalue weighted by atomic mass is 16.1. The van der Waals surface area contributed by atoms with Crippen molar-refractivity contribution in [3.05, 3.63) is 83.0 Å². The topological polar surface area (TPSA) is 59.0 Å². The molecule has 0 saturated heterocycles. The number of anilines is 1. The van der Waals surface area contributed by atoms with Gasteiger partial charge in [-0.2, -0.15) is 5.10 Å². The van der Waals surface area contributed by atoms with Crippen molar-refractivity contribution in [1.29, 1.82) is 0 Å². The summed E-state index contributed by atoms with van der Waals surface area (Å²) in [5.41, 5.74) is 4.33. The lowest BCUT2D eigenvalue weighted by molar-refractivity contribution is 0.0939. The van der Waals surface area contributed by atoms with Crippen molar-refractivity contribution in [2.75, 3.05) is 5.32 Å². The van der Waals surface area contributed by atoms with Gasteiger partial charge in [-0.25, -0.2) is 4.68 Å². The number of nitrogens with zero attached hydrogens (tertiary/aromatic N) is 2. The van der Waals surface area contributed by atoms with E-state index < -0.39 is 0 Å². The molecular weight excluding hydrogens is 360 g/mol.